The fraction of sp³-hybridized carbons (Fsp3) is 0.732. The second-order valence-corrected chi connectivity index (χ2v) is 15.6. The van der Waals surface area contributed by atoms with Crippen LogP contribution >= 0.6 is 0 Å². The summed E-state index contributed by atoms with van der Waals surface area (Å²) in [5.74, 6) is -1.74. The molecule has 14 heteroatoms. The van der Waals surface area contributed by atoms with E-state index in [2.05, 4.69) is 16.0 Å². The van der Waals surface area contributed by atoms with Crippen LogP contribution in [0.2, 0.25) is 0 Å². The third-order valence-corrected chi connectivity index (χ3v) is 11.2. The lowest BCUT2D eigenvalue weighted by molar-refractivity contribution is -0.148. The van der Waals surface area contributed by atoms with Crippen LogP contribution in [0.3, 0.4) is 0 Å². The van der Waals surface area contributed by atoms with Crippen molar-refractivity contribution < 1.29 is 42.9 Å². The van der Waals surface area contributed by atoms with Gasteiger partial charge in [0.15, 0.2) is 5.78 Å². The topological polar surface area (TPSA) is 165 Å². The zero-order chi connectivity index (χ0) is 41.7. The van der Waals surface area contributed by atoms with E-state index in [-0.39, 0.29) is 66.2 Å². The van der Waals surface area contributed by atoms with Crippen molar-refractivity contribution in [3.8, 4) is 5.75 Å². The molecule has 1 aliphatic rings. The third-order valence-electron chi connectivity index (χ3n) is 11.2. The van der Waals surface area contributed by atoms with Gasteiger partial charge in [0.25, 0.3) is 0 Å². The predicted molar refractivity (Wildman–Crippen MR) is 212 cm³/mol. The number of methoxy groups -OCH3 is 4. The van der Waals surface area contributed by atoms with Crippen LogP contribution in [0, 0.1) is 23.7 Å². The van der Waals surface area contributed by atoms with Crippen molar-refractivity contribution in [2.45, 2.75) is 123 Å². The van der Waals surface area contributed by atoms with Crippen molar-refractivity contribution >= 4 is 29.4 Å². The van der Waals surface area contributed by atoms with E-state index in [1.165, 1.54) is 14.2 Å². The molecule has 1 fully saturated rings. The Kier molecular flexibility index (Phi) is 19.2. The van der Waals surface area contributed by atoms with E-state index >= 15 is 0 Å². The Labute approximate surface area is 329 Å². The minimum Gasteiger partial charge on any atom is -0.497 e. The Hall–Kier alpha value is -3.59. The lowest BCUT2D eigenvalue weighted by Gasteiger charge is -2.41. The Morgan fingerprint density at radius 2 is 1.45 bits per heavy atom. The van der Waals surface area contributed by atoms with Crippen LogP contribution in [0.25, 0.3) is 0 Å². The number of hydrogen-bond acceptors (Lipinski definition) is 10. The molecule has 0 aromatic heterocycles. The number of carbonyl (C=O) groups excluding carboxylic acids is 5. The summed E-state index contributed by atoms with van der Waals surface area (Å²) in [6, 6.07) is 3.60. The molecule has 0 aliphatic carbocycles. The summed E-state index contributed by atoms with van der Waals surface area (Å²) in [5, 5.41) is 8.85. The third kappa shape index (κ3) is 12.2. The Morgan fingerprint density at radius 1 is 0.855 bits per heavy atom. The number of Topliss-reactive ketones (excluding diaryl/α,β-unsaturated/α-hetero) is 1. The molecule has 14 nitrogen and oxygen atoms in total. The summed E-state index contributed by atoms with van der Waals surface area (Å²) in [6.07, 6.45) is -0.603. The van der Waals surface area contributed by atoms with E-state index in [4.69, 9.17) is 18.9 Å². The number of carbonyl (C=O) groups is 5. The number of nitrogens with one attached hydrogen (secondary N) is 3. The molecule has 10 atom stereocenters. The molecule has 0 spiro atoms. The number of hydrogen-bond donors (Lipinski definition) is 3. The Morgan fingerprint density at radius 3 is 1.93 bits per heavy atom. The maximum Gasteiger partial charge on any atom is 0.245 e. The van der Waals surface area contributed by atoms with Crippen LogP contribution in [0.15, 0.2) is 24.3 Å². The maximum atomic E-state index is 14.3. The molecule has 1 saturated heterocycles. The molecule has 1 aromatic carbocycles. The Bertz CT molecular complexity index is 1410. The van der Waals surface area contributed by atoms with Crippen LogP contribution in [-0.2, 0) is 33.4 Å². The molecular formula is C41H69N5O9. The average molecular weight is 776 g/mol. The number of ether oxygens (including phenoxy) is 4. The van der Waals surface area contributed by atoms with E-state index in [0.717, 1.165) is 0 Å². The molecule has 3 N–H and O–H groups in total. The molecule has 312 valence electrons. The van der Waals surface area contributed by atoms with Gasteiger partial charge in [0.1, 0.15) is 11.8 Å². The molecule has 2 rings (SSSR count). The molecular weight excluding hydrogens is 706 g/mol. The van der Waals surface area contributed by atoms with Crippen molar-refractivity contribution in [2.75, 3.05) is 49.1 Å². The molecule has 1 heterocycles. The van der Waals surface area contributed by atoms with Gasteiger partial charge in [-0.3, -0.25) is 24.0 Å². The monoisotopic (exact) mass is 776 g/mol. The van der Waals surface area contributed by atoms with Crippen LogP contribution in [0.4, 0.5) is 0 Å². The van der Waals surface area contributed by atoms with Crippen molar-refractivity contribution in [1.82, 2.24) is 25.8 Å². The first-order chi connectivity index (χ1) is 25.9. The molecule has 1 aliphatic heterocycles. The molecule has 0 saturated carbocycles. The highest BCUT2D eigenvalue weighted by molar-refractivity contribution is 6.02. The first kappa shape index (κ1) is 47.6. The van der Waals surface area contributed by atoms with E-state index in [1.807, 2.05) is 41.5 Å². The zero-order valence-electron chi connectivity index (χ0n) is 35.6. The summed E-state index contributed by atoms with van der Waals surface area (Å²) in [5.41, 5.74) is 0.439. The maximum absolute atomic E-state index is 14.3. The number of likely N-dealkylation sites (N-methyl/N-ethyl adjacent to an activating group) is 2. The van der Waals surface area contributed by atoms with Gasteiger partial charge in [-0.25, -0.2) is 0 Å². The van der Waals surface area contributed by atoms with E-state index in [1.54, 1.807) is 76.2 Å². The summed E-state index contributed by atoms with van der Waals surface area (Å²) in [4.78, 5) is 71.8. The molecule has 55 heavy (non-hydrogen) atoms. The number of ketones is 1. The van der Waals surface area contributed by atoms with Crippen LogP contribution in [0.1, 0.15) is 85.0 Å². The lowest BCUT2D eigenvalue weighted by Crippen LogP contribution is -2.59. The minimum absolute atomic E-state index is 0.0162. The van der Waals surface area contributed by atoms with Crippen LogP contribution in [0.5, 0.6) is 5.75 Å². The van der Waals surface area contributed by atoms with E-state index in [9.17, 15) is 24.0 Å². The normalized spacial score (nSPS) is 20.2. The van der Waals surface area contributed by atoms with Crippen molar-refractivity contribution in [3.63, 3.8) is 0 Å². The van der Waals surface area contributed by atoms with Gasteiger partial charge in [0, 0.05) is 40.5 Å². The molecule has 0 radical (unpaired) electrons. The highest BCUT2D eigenvalue weighted by Gasteiger charge is 2.46. The predicted octanol–water partition coefficient (Wildman–Crippen LogP) is 3.31. The lowest BCUT2D eigenvalue weighted by atomic mass is 9.89. The summed E-state index contributed by atoms with van der Waals surface area (Å²) in [7, 11) is 9.59. The van der Waals surface area contributed by atoms with Gasteiger partial charge in [0.2, 0.25) is 23.6 Å². The van der Waals surface area contributed by atoms with Crippen molar-refractivity contribution in [1.29, 1.82) is 0 Å². The molecule has 1 aromatic rings. The van der Waals surface area contributed by atoms with E-state index in [0.29, 0.717) is 24.2 Å². The minimum atomic E-state index is -0.808. The van der Waals surface area contributed by atoms with Crippen LogP contribution < -0.4 is 20.7 Å². The van der Waals surface area contributed by atoms with Gasteiger partial charge < -0.3 is 44.7 Å². The summed E-state index contributed by atoms with van der Waals surface area (Å²) < 4.78 is 22.9. The van der Waals surface area contributed by atoms with Crippen molar-refractivity contribution in [2.24, 2.45) is 23.7 Å². The van der Waals surface area contributed by atoms with Gasteiger partial charge in [0.05, 0.1) is 61.9 Å². The largest absolute Gasteiger partial charge is 0.497 e. The number of amides is 4. The van der Waals surface area contributed by atoms with Crippen molar-refractivity contribution in [3.05, 3.63) is 29.8 Å². The fourth-order valence-electron chi connectivity index (χ4n) is 7.62. The molecule has 0 bridgehead atoms. The highest BCUT2D eigenvalue weighted by atomic mass is 16.5. The highest BCUT2D eigenvalue weighted by Crippen LogP contribution is 2.31. The Balaban J connectivity index is 2.32. The first-order valence-corrected chi connectivity index (χ1v) is 19.5. The number of rotatable bonds is 22. The number of benzene rings is 1. The zero-order valence-corrected chi connectivity index (χ0v) is 35.6. The number of nitrogens with zero attached hydrogens (tertiary/aromatic N) is 2. The SMILES string of the molecule is CC[C@H](C)[C@@H]([C@@H](CC(=O)N1C[C@H](OC)C[C@@H]1[C@H](OC)[C@@H](C)C(=O)N[C@H](C)C(=O)c1ccc(OC)cc1)OC)N(C)C(=O)C(NC(=O)[C@@H](NC)C(C)C)C(C)C. The number of likely N-dealkylation sites (tertiary alicyclic amines) is 1. The van der Waals surface area contributed by atoms with Crippen LogP contribution in [-0.4, -0.2) is 137 Å². The quantitative estimate of drug-likeness (QED) is 0.149. The molecule has 4 amide bonds. The summed E-state index contributed by atoms with van der Waals surface area (Å²) >= 11 is 0. The average Bonchev–Trinajstić information content (AvgIpc) is 3.60. The van der Waals surface area contributed by atoms with E-state index < -0.39 is 48.3 Å². The second-order valence-electron chi connectivity index (χ2n) is 15.6. The standard InChI is InChI=1S/C41H69N5O9/c1-15-25(6)36(45(10)41(51)35(24(4)5)44-40(50)34(42-9)23(2)3)32(54-13)21-33(47)46-22-30(53-12)20-31(46)38(55-14)26(7)39(49)43-27(8)37(48)28-16-18-29(52-11)19-17-28/h16-19,23-27,30-32,34-36,38,42H,15,20-22H2,1-14H3,(H,43,49)(H,44,50)/t25-,26+,27+,30+,31+,32+,34-,35?,36-,38+/m0/s1. The van der Waals surface area contributed by atoms with Gasteiger partial charge in [-0.2, -0.15) is 0 Å². The molecule has 1 unspecified atom stereocenters. The van der Waals surface area contributed by atoms with Gasteiger partial charge >= 0.3 is 0 Å². The van der Waals surface area contributed by atoms with Gasteiger partial charge in [-0.05, 0) is 62.4 Å². The first-order valence-electron chi connectivity index (χ1n) is 19.5. The van der Waals surface area contributed by atoms with Gasteiger partial charge in [-0.15, -0.1) is 0 Å². The smallest absolute Gasteiger partial charge is 0.245 e. The second kappa shape index (κ2) is 22.2. The fourth-order valence-corrected chi connectivity index (χ4v) is 7.62. The summed E-state index contributed by atoms with van der Waals surface area (Å²) in [6.45, 7) is 15.3. The van der Waals surface area contributed by atoms with Gasteiger partial charge in [-0.1, -0.05) is 54.9 Å².